The maximum absolute atomic E-state index is 11.9. The average Bonchev–Trinajstić information content (AvgIpc) is 2.37. The highest BCUT2D eigenvalue weighted by Crippen LogP contribution is 2.21. The zero-order chi connectivity index (χ0) is 15.2. The second-order valence-electron chi connectivity index (χ2n) is 4.97. The van der Waals surface area contributed by atoms with E-state index in [-0.39, 0.29) is 25.4 Å². The molecule has 2 nitrogen and oxygen atoms in total. The van der Waals surface area contributed by atoms with Gasteiger partial charge in [0.1, 0.15) is 6.61 Å². The standard InChI is InChI=1S/C15H19F3O2/c1-11(2)12-4-6-13(7-5-12)14(19)10-20-9-3-8-15(16,17)18/h4-7,11H,3,8-10H2,1-2H3. The summed E-state index contributed by atoms with van der Waals surface area (Å²) in [6, 6.07) is 7.19. The normalized spacial score (nSPS) is 11.9. The summed E-state index contributed by atoms with van der Waals surface area (Å²) in [5, 5.41) is 0. The molecule has 0 aliphatic rings. The Bertz CT molecular complexity index is 422. The van der Waals surface area contributed by atoms with Crippen molar-refractivity contribution in [2.45, 2.75) is 38.8 Å². The molecule has 0 unspecified atom stereocenters. The van der Waals surface area contributed by atoms with E-state index in [2.05, 4.69) is 13.8 Å². The summed E-state index contributed by atoms with van der Waals surface area (Å²) in [5.41, 5.74) is 1.65. The number of alkyl halides is 3. The van der Waals surface area contributed by atoms with Crippen molar-refractivity contribution in [2.24, 2.45) is 0 Å². The van der Waals surface area contributed by atoms with Crippen molar-refractivity contribution in [1.82, 2.24) is 0 Å². The molecule has 20 heavy (non-hydrogen) atoms. The summed E-state index contributed by atoms with van der Waals surface area (Å²) in [4.78, 5) is 11.7. The van der Waals surface area contributed by atoms with E-state index in [4.69, 9.17) is 4.74 Å². The van der Waals surface area contributed by atoms with Crippen molar-refractivity contribution >= 4 is 5.78 Å². The van der Waals surface area contributed by atoms with Crippen LogP contribution in [-0.2, 0) is 4.74 Å². The molecule has 0 spiro atoms. The Morgan fingerprint density at radius 2 is 1.80 bits per heavy atom. The lowest BCUT2D eigenvalue weighted by Gasteiger charge is -2.08. The quantitative estimate of drug-likeness (QED) is 0.550. The van der Waals surface area contributed by atoms with Crippen molar-refractivity contribution < 1.29 is 22.7 Å². The number of hydrogen-bond acceptors (Lipinski definition) is 2. The number of rotatable bonds is 7. The van der Waals surface area contributed by atoms with Gasteiger partial charge in [0.05, 0.1) is 0 Å². The molecule has 5 heteroatoms. The number of carbonyl (C=O) groups excluding carboxylic acids is 1. The van der Waals surface area contributed by atoms with Crippen molar-refractivity contribution in [1.29, 1.82) is 0 Å². The third kappa shape index (κ3) is 6.19. The molecule has 0 heterocycles. The van der Waals surface area contributed by atoms with Crippen LogP contribution in [-0.4, -0.2) is 25.2 Å². The van der Waals surface area contributed by atoms with Crippen LogP contribution in [0.1, 0.15) is 48.5 Å². The van der Waals surface area contributed by atoms with Crippen LogP contribution in [0.5, 0.6) is 0 Å². The molecule has 0 amide bonds. The van der Waals surface area contributed by atoms with Crippen molar-refractivity contribution in [2.75, 3.05) is 13.2 Å². The van der Waals surface area contributed by atoms with Gasteiger partial charge in [-0.1, -0.05) is 38.1 Å². The lowest BCUT2D eigenvalue weighted by molar-refractivity contribution is -0.137. The average molecular weight is 288 g/mol. The fourth-order valence-electron chi connectivity index (χ4n) is 1.68. The zero-order valence-electron chi connectivity index (χ0n) is 11.7. The number of hydrogen-bond donors (Lipinski definition) is 0. The highest BCUT2D eigenvalue weighted by molar-refractivity contribution is 5.97. The van der Waals surface area contributed by atoms with Crippen LogP contribution in [0.15, 0.2) is 24.3 Å². The molecule has 0 atom stereocenters. The maximum Gasteiger partial charge on any atom is 0.389 e. The van der Waals surface area contributed by atoms with Crippen molar-refractivity contribution in [3.05, 3.63) is 35.4 Å². The maximum atomic E-state index is 11.9. The minimum atomic E-state index is -4.17. The van der Waals surface area contributed by atoms with Crippen LogP contribution in [0.3, 0.4) is 0 Å². The molecule has 0 N–H and O–H groups in total. The molecule has 0 aromatic heterocycles. The molecule has 0 aliphatic heterocycles. The molecule has 0 bridgehead atoms. The summed E-state index contributed by atoms with van der Waals surface area (Å²) in [7, 11) is 0. The number of Topliss-reactive ketones (excluding diaryl/α,β-unsaturated/α-hetero) is 1. The fourth-order valence-corrected chi connectivity index (χ4v) is 1.68. The van der Waals surface area contributed by atoms with Crippen LogP contribution in [0.2, 0.25) is 0 Å². The van der Waals surface area contributed by atoms with Gasteiger partial charge in [-0.05, 0) is 17.9 Å². The van der Waals surface area contributed by atoms with E-state index in [1.807, 2.05) is 12.1 Å². The van der Waals surface area contributed by atoms with Crippen LogP contribution in [0.25, 0.3) is 0 Å². The Labute approximate surface area is 116 Å². The zero-order valence-corrected chi connectivity index (χ0v) is 11.7. The largest absolute Gasteiger partial charge is 0.389 e. The van der Waals surface area contributed by atoms with Gasteiger partial charge in [-0.15, -0.1) is 0 Å². The third-order valence-corrected chi connectivity index (χ3v) is 2.88. The Morgan fingerprint density at radius 1 is 1.20 bits per heavy atom. The Hall–Kier alpha value is -1.36. The van der Waals surface area contributed by atoms with Gasteiger partial charge in [-0.2, -0.15) is 13.2 Å². The summed E-state index contributed by atoms with van der Waals surface area (Å²) < 4.78 is 40.6. The van der Waals surface area contributed by atoms with Gasteiger partial charge in [-0.3, -0.25) is 4.79 Å². The third-order valence-electron chi connectivity index (χ3n) is 2.88. The Balaban J connectivity index is 2.32. The summed E-state index contributed by atoms with van der Waals surface area (Å²) in [6.07, 6.45) is -5.17. The number of ketones is 1. The highest BCUT2D eigenvalue weighted by Gasteiger charge is 2.25. The molecular weight excluding hydrogens is 269 g/mol. The first-order valence-corrected chi connectivity index (χ1v) is 6.57. The monoisotopic (exact) mass is 288 g/mol. The Morgan fingerprint density at radius 3 is 2.30 bits per heavy atom. The van der Waals surface area contributed by atoms with Gasteiger partial charge in [0.15, 0.2) is 5.78 Å². The number of halogens is 3. The molecule has 0 radical (unpaired) electrons. The smallest absolute Gasteiger partial charge is 0.373 e. The molecule has 0 saturated heterocycles. The fraction of sp³-hybridized carbons (Fsp3) is 0.533. The molecule has 1 rings (SSSR count). The van der Waals surface area contributed by atoms with Gasteiger partial charge in [0, 0.05) is 18.6 Å². The van der Waals surface area contributed by atoms with Crippen LogP contribution in [0, 0.1) is 0 Å². The molecule has 112 valence electrons. The predicted octanol–water partition coefficient (Wildman–Crippen LogP) is 4.35. The van der Waals surface area contributed by atoms with E-state index < -0.39 is 12.6 Å². The van der Waals surface area contributed by atoms with Crippen LogP contribution < -0.4 is 0 Å². The first-order chi connectivity index (χ1) is 9.29. The van der Waals surface area contributed by atoms with Gasteiger partial charge < -0.3 is 4.74 Å². The lowest BCUT2D eigenvalue weighted by Crippen LogP contribution is -2.12. The van der Waals surface area contributed by atoms with Gasteiger partial charge in [0.2, 0.25) is 0 Å². The number of carbonyl (C=O) groups is 1. The van der Waals surface area contributed by atoms with Crippen molar-refractivity contribution in [3.63, 3.8) is 0 Å². The van der Waals surface area contributed by atoms with E-state index in [1.165, 1.54) is 0 Å². The highest BCUT2D eigenvalue weighted by atomic mass is 19.4. The van der Waals surface area contributed by atoms with E-state index in [9.17, 15) is 18.0 Å². The second-order valence-corrected chi connectivity index (χ2v) is 4.97. The first-order valence-electron chi connectivity index (χ1n) is 6.57. The second kappa shape index (κ2) is 7.43. The molecule has 1 aromatic rings. The summed E-state index contributed by atoms with van der Waals surface area (Å²) >= 11 is 0. The van der Waals surface area contributed by atoms with Gasteiger partial charge in [0.25, 0.3) is 0 Å². The Kier molecular flexibility index (Phi) is 6.20. The number of benzene rings is 1. The first kappa shape index (κ1) is 16.7. The van der Waals surface area contributed by atoms with Crippen LogP contribution in [0.4, 0.5) is 13.2 Å². The van der Waals surface area contributed by atoms with E-state index in [1.54, 1.807) is 12.1 Å². The SMILES string of the molecule is CC(C)c1ccc(C(=O)COCCCC(F)(F)F)cc1. The molecular formula is C15H19F3O2. The predicted molar refractivity (Wildman–Crippen MR) is 71.0 cm³/mol. The van der Waals surface area contributed by atoms with Gasteiger partial charge >= 0.3 is 6.18 Å². The summed E-state index contributed by atoms with van der Waals surface area (Å²) in [6.45, 7) is 3.87. The molecule has 0 saturated carbocycles. The van der Waals surface area contributed by atoms with E-state index in [0.29, 0.717) is 11.5 Å². The van der Waals surface area contributed by atoms with Gasteiger partial charge in [-0.25, -0.2) is 0 Å². The minimum absolute atomic E-state index is 0.0602. The topological polar surface area (TPSA) is 26.3 Å². The number of ether oxygens (including phenoxy) is 1. The lowest BCUT2D eigenvalue weighted by atomic mass is 10.0. The van der Waals surface area contributed by atoms with Crippen LogP contribution >= 0.6 is 0 Å². The van der Waals surface area contributed by atoms with Crippen molar-refractivity contribution in [3.8, 4) is 0 Å². The molecule has 1 aromatic carbocycles. The minimum Gasteiger partial charge on any atom is -0.373 e. The molecule has 0 fully saturated rings. The molecule has 0 aliphatic carbocycles. The van der Waals surface area contributed by atoms with E-state index >= 15 is 0 Å². The summed E-state index contributed by atoms with van der Waals surface area (Å²) in [5.74, 6) is 0.171. The van der Waals surface area contributed by atoms with E-state index in [0.717, 1.165) is 5.56 Å².